The SMILES string of the molecule is O=[N+]([O-])c1cccc(S(=O)(=O)NCc2cccc(Cl)c2)c1. The molecule has 0 aromatic heterocycles. The molecule has 0 aliphatic heterocycles. The average molecular weight is 327 g/mol. The van der Waals surface area contributed by atoms with Crippen LogP contribution in [0.25, 0.3) is 0 Å². The summed E-state index contributed by atoms with van der Waals surface area (Å²) in [6.45, 7) is 0.0472. The number of halogens is 1. The van der Waals surface area contributed by atoms with Crippen molar-refractivity contribution in [1.29, 1.82) is 0 Å². The summed E-state index contributed by atoms with van der Waals surface area (Å²) in [7, 11) is -3.82. The molecule has 0 radical (unpaired) electrons. The van der Waals surface area contributed by atoms with Gasteiger partial charge in [0.1, 0.15) is 0 Å². The van der Waals surface area contributed by atoms with Crippen molar-refractivity contribution in [2.75, 3.05) is 0 Å². The molecule has 2 aromatic rings. The molecule has 0 aliphatic carbocycles. The third kappa shape index (κ3) is 4.01. The van der Waals surface area contributed by atoms with Crippen LogP contribution in [0.3, 0.4) is 0 Å². The Labute approximate surface area is 126 Å². The van der Waals surface area contributed by atoms with Gasteiger partial charge >= 0.3 is 0 Å². The van der Waals surface area contributed by atoms with Crippen LogP contribution < -0.4 is 4.72 Å². The fourth-order valence-corrected chi connectivity index (χ4v) is 2.94. The Bertz CT molecular complexity index is 777. The van der Waals surface area contributed by atoms with Crippen molar-refractivity contribution in [2.24, 2.45) is 0 Å². The van der Waals surface area contributed by atoms with Gasteiger partial charge in [-0.3, -0.25) is 10.1 Å². The minimum atomic E-state index is -3.82. The summed E-state index contributed by atoms with van der Waals surface area (Å²) in [6, 6.07) is 11.6. The van der Waals surface area contributed by atoms with Gasteiger partial charge in [0.05, 0.1) is 9.82 Å². The molecule has 0 saturated carbocycles. The number of nitrogens with one attached hydrogen (secondary N) is 1. The predicted molar refractivity (Wildman–Crippen MR) is 78.6 cm³/mol. The Hall–Kier alpha value is -1.96. The molecular formula is C13H11ClN2O4S. The monoisotopic (exact) mass is 326 g/mol. The molecule has 0 spiro atoms. The maximum Gasteiger partial charge on any atom is 0.270 e. The second-order valence-electron chi connectivity index (χ2n) is 4.21. The van der Waals surface area contributed by atoms with Crippen LogP contribution in [0.15, 0.2) is 53.4 Å². The van der Waals surface area contributed by atoms with Gasteiger partial charge in [0.25, 0.3) is 5.69 Å². The zero-order chi connectivity index (χ0) is 15.5. The molecule has 0 amide bonds. The number of non-ortho nitro benzene ring substituents is 1. The number of nitrogens with zero attached hydrogens (tertiary/aromatic N) is 1. The van der Waals surface area contributed by atoms with Gasteiger partial charge in [-0.1, -0.05) is 29.8 Å². The summed E-state index contributed by atoms with van der Waals surface area (Å²) in [5.41, 5.74) is 0.414. The molecule has 0 heterocycles. The molecular weight excluding hydrogens is 316 g/mol. The van der Waals surface area contributed by atoms with E-state index in [1.54, 1.807) is 24.3 Å². The van der Waals surface area contributed by atoms with Gasteiger partial charge in [-0.2, -0.15) is 0 Å². The quantitative estimate of drug-likeness (QED) is 0.675. The number of nitro groups is 1. The maximum absolute atomic E-state index is 12.1. The Morgan fingerprint density at radius 1 is 1.14 bits per heavy atom. The number of hydrogen-bond donors (Lipinski definition) is 1. The van der Waals surface area contributed by atoms with Crippen molar-refractivity contribution in [3.63, 3.8) is 0 Å². The Kier molecular flexibility index (Phi) is 4.56. The molecule has 110 valence electrons. The maximum atomic E-state index is 12.1. The van der Waals surface area contributed by atoms with E-state index in [0.717, 1.165) is 6.07 Å². The summed E-state index contributed by atoms with van der Waals surface area (Å²) in [6.07, 6.45) is 0. The second-order valence-corrected chi connectivity index (χ2v) is 6.41. The van der Waals surface area contributed by atoms with Gasteiger partial charge in [0.2, 0.25) is 10.0 Å². The van der Waals surface area contributed by atoms with E-state index >= 15 is 0 Å². The van der Waals surface area contributed by atoms with Crippen LogP contribution in [0.5, 0.6) is 0 Å². The Morgan fingerprint density at radius 3 is 2.52 bits per heavy atom. The largest absolute Gasteiger partial charge is 0.270 e. The van der Waals surface area contributed by atoms with E-state index in [4.69, 9.17) is 11.6 Å². The highest BCUT2D eigenvalue weighted by atomic mass is 35.5. The average Bonchev–Trinajstić information content (AvgIpc) is 2.45. The predicted octanol–water partition coefficient (Wildman–Crippen LogP) is 2.73. The minimum Gasteiger partial charge on any atom is -0.258 e. The zero-order valence-electron chi connectivity index (χ0n) is 10.7. The van der Waals surface area contributed by atoms with Gasteiger partial charge in [-0.25, -0.2) is 13.1 Å². The van der Waals surface area contributed by atoms with Crippen LogP contribution >= 0.6 is 11.6 Å². The van der Waals surface area contributed by atoms with Crippen molar-refractivity contribution < 1.29 is 13.3 Å². The number of benzene rings is 2. The number of nitro benzene ring substituents is 1. The molecule has 2 rings (SSSR count). The third-order valence-corrected chi connectivity index (χ3v) is 4.33. The fourth-order valence-electron chi connectivity index (χ4n) is 1.67. The molecule has 0 atom stereocenters. The molecule has 8 heteroatoms. The van der Waals surface area contributed by atoms with E-state index in [0.29, 0.717) is 10.6 Å². The van der Waals surface area contributed by atoms with Crippen molar-refractivity contribution in [2.45, 2.75) is 11.4 Å². The molecule has 0 unspecified atom stereocenters. The van der Waals surface area contributed by atoms with Gasteiger partial charge in [0, 0.05) is 23.7 Å². The number of rotatable bonds is 5. The molecule has 0 bridgehead atoms. The summed E-state index contributed by atoms with van der Waals surface area (Å²) in [4.78, 5) is 9.88. The van der Waals surface area contributed by atoms with E-state index in [1.807, 2.05) is 0 Å². The number of sulfonamides is 1. The lowest BCUT2D eigenvalue weighted by Gasteiger charge is -2.07. The van der Waals surface area contributed by atoms with Gasteiger partial charge in [0.15, 0.2) is 0 Å². The van der Waals surface area contributed by atoms with E-state index in [-0.39, 0.29) is 17.1 Å². The highest BCUT2D eigenvalue weighted by Crippen LogP contribution is 2.18. The topological polar surface area (TPSA) is 89.3 Å². The van der Waals surface area contributed by atoms with Gasteiger partial charge in [-0.15, -0.1) is 0 Å². The summed E-state index contributed by atoms with van der Waals surface area (Å²) >= 11 is 5.82. The normalized spacial score (nSPS) is 11.3. The van der Waals surface area contributed by atoms with Crippen LogP contribution in [0, 0.1) is 10.1 Å². The lowest BCUT2D eigenvalue weighted by atomic mass is 10.2. The zero-order valence-corrected chi connectivity index (χ0v) is 12.3. The first-order valence-corrected chi connectivity index (χ1v) is 7.73. The standard InChI is InChI=1S/C13H11ClN2O4S/c14-11-4-1-3-10(7-11)9-15-21(19,20)13-6-2-5-12(8-13)16(17)18/h1-8,15H,9H2. The highest BCUT2D eigenvalue weighted by Gasteiger charge is 2.17. The molecule has 2 aromatic carbocycles. The summed E-state index contributed by atoms with van der Waals surface area (Å²) < 4.78 is 26.6. The first-order chi connectivity index (χ1) is 9.88. The van der Waals surface area contributed by atoms with Crippen LogP contribution in [0.2, 0.25) is 5.02 Å². The van der Waals surface area contributed by atoms with Crippen LogP contribution in [0.4, 0.5) is 5.69 Å². The van der Waals surface area contributed by atoms with Crippen LogP contribution in [-0.4, -0.2) is 13.3 Å². The molecule has 6 nitrogen and oxygen atoms in total. The molecule has 0 aliphatic rings. The second kappa shape index (κ2) is 6.21. The van der Waals surface area contributed by atoms with Crippen LogP contribution in [-0.2, 0) is 16.6 Å². The van der Waals surface area contributed by atoms with E-state index in [1.165, 1.54) is 18.2 Å². The minimum absolute atomic E-state index is 0.0472. The smallest absolute Gasteiger partial charge is 0.258 e. The summed E-state index contributed by atoms with van der Waals surface area (Å²) in [5.74, 6) is 0. The van der Waals surface area contributed by atoms with Crippen molar-refractivity contribution >= 4 is 27.3 Å². The van der Waals surface area contributed by atoms with Crippen LogP contribution in [0.1, 0.15) is 5.56 Å². The first kappa shape index (κ1) is 15.4. The first-order valence-electron chi connectivity index (χ1n) is 5.87. The molecule has 21 heavy (non-hydrogen) atoms. The summed E-state index contributed by atoms with van der Waals surface area (Å²) in [5, 5.41) is 11.2. The van der Waals surface area contributed by atoms with Gasteiger partial charge < -0.3 is 0 Å². The van der Waals surface area contributed by atoms with Gasteiger partial charge in [-0.05, 0) is 23.8 Å². The van der Waals surface area contributed by atoms with E-state index in [2.05, 4.69) is 4.72 Å². The van der Waals surface area contributed by atoms with E-state index in [9.17, 15) is 18.5 Å². The lowest BCUT2D eigenvalue weighted by Crippen LogP contribution is -2.23. The lowest BCUT2D eigenvalue weighted by molar-refractivity contribution is -0.385. The fraction of sp³-hybridized carbons (Fsp3) is 0.0769. The molecule has 1 N–H and O–H groups in total. The molecule has 0 fully saturated rings. The van der Waals surface area contributed by atoms with Crippen molar-refractivity contribution in [3.8, 4) is 0 Å². The molecule has 0 saturated heterocycles. The van der Waals surface area contributed by atoms with E-state index < -0.39 is 14.9 Å². The number of hydrogen-bond acceptors (Lipinski definition) is 4. The third-order valence-electron chi connectivity index (χ3n) is 2.69. The Morgan fingerprint density at radius 2 is 1.86 bits per heavy atom. The highest BCUT2D eigenvalue weighted by molar-refractivity contribution is 7.89. The van der Waals surface area contributed by atoms with Crippen molar-refractivity contribution in [1.82, 2.24) is 4.72 Å². The van der Waals surface area contributed by atoms with Crippen molar-refractivity contribution in [3.05, 3.63) is 69.2 Å². The Balaban J connectivity index is 2.19.